The second-order valence-corrected chi connectivity index (χ2v) is 5.80. The first-order valence-electron chi connectivity index (χ1n) is 6.37. The molecule has 0 amide bonds. The second kappa shape index (κ2) is 6.35. The van der Waals surface area contributed by atoms with E-state index in [9.17, 15) is 0 Å². The quantitative estimate of drug-likeness (QED) is 0.901. The van der Waals surface area contributed by atoms with Gasteiger partial charge in [-0.15, -0.1) is 0 Å². The van der Waals surface area contributed by atoms with E-state index in [4.69, 9.17) is 40.5 Å². The van der Waals surface area contributed by atoms with Gasteiger partial charge in [0.1, 0.15) is 0 Å². The molecule has 0 aliphatic heterocycles. The molecule has 1 aromatic carbocycles. The molecular formula is C14H16Cl3N3. The molecule has 3 nitrogen and oxygen atoms in total. The molecule has 0 saturated heterocycles. The SMILES string of the molecule is CCn1nc(C)c(Cl)c1CC(N)c1c(Cl)cccc1Cl. The maximum Gasteiger partial charge on any atom is 0.0847 e. The van der Waals surface area contributed by atoms with Crippen molar-refractivity contribution in [2.24, 2.45) is 5.73 Å². The van der Waals surface area contributed by atoms with Gasteiger partial charge in [0.05, 0.1) is 16.4 Å². The van der Waals surface area contributed by atoms with Crippen LogP contribution in [-0.2, 0) is 13.0 Å². The molecule has 20 heavy (non-hydrogen) atoms. The van der Waals surface area contributed by atoms with Crippen LogP contribution in [0.2, 0.25) is 15.1 Å². The molecule has 0 aliphatic carbocycles. The van der Waals surface area contributed by atoms with Gasteiger partial charge in [-0.25, -0.2) is 0 Å². The van der Waals surface area contributed by atoms with Crippen LogP contribution in [0.1, 0.15) is 29.9 Å². The monoisotopic (exact) mass is 331 g/mol. The van der Waals surface area contributed by atoms with E-state index in [0.29, 0.717) is 21.5 Å². The number of hydrogen-bond donors (Lipinski definition) is 1. The summed E-state index contributed by atoms with van der Waals surface area (Å²) in [4.78, 5) is 0. The Kier molecular flexibility index (Phi) is 4.97. The third-order valence-electron chi connectivity index (χ3n) is 3.24. The zero-order valence-electron chi connectivity index (χ0n) is 11.3. The zero-order chi connectivity index (χ0) is 14.9. The summed E-state index contributed by atoms with van der Waals surface area (Å²) in [6.07, 6.45) is 0.539. The van der Waals surface area contributed by atoms with Crippen molar-refractivity contribution in [1.29, 1.82) is 0 Å². The standard InChI is InChI=1S/C14H16Cl3N3/c1-3-20-12(14(17)8(2)19-20)7-11(18)13-9(15)5-4-6-10(13)16/h4-6,11H,3,7,18H2,1-2H3. The summed E-state index contributed by atoms with van der Waals surface area (Å²) in [7, 11) is 0. The van der Waals surface area contributed by atoms with Crippen LogP contribution >= 0.6 is 34.8 Å². The normalized spacial score (nSPS) is 12.7. The summed E-state index contributed by atoms with van der Waals surface area (Å²) >= 11 is 18.7. The Bertz CT molecular complexity index is 602. The molecule has 2 rings (SSSR count). The van der Waals surface area contributed by atoms with Gasteiger partial charge >= 0.3 is 0 Å². The maximum atomic E-state index is 6.30. The van der Waals surface area contributed by atoms with Crippen molar-refractivity contribution in [3.63, 3.8) is 0 Å². The van der Waals surface area contributed by atoms with Crippen LogP contribution in [0.25, 0.3) is 0 Å². The molecule has 0 bridgehead atoms. The first-order valence-corrected chi connectivity index (χ1v) is 7.50. The lowest BCUT2D eigenvalue weighted by atomic mass is 10.0. The summed E-state index contributed by atoms with van der Waals surface area (Å²) in [5, 5.41) is 6.18. The van der Waals surface area contributed by atoms with Crippen LogP contribution < -0.4 is 5.73 Å². The van der Waals surface area contributed by atoms with E-state index in [0.717, 1.165) is 23.5 Å². The third kappa shape index (κ3) is 2.96. The van der Waals surface area contributed by atoms with E-state index in [1.807, 2.05) is 18.5 Å². The molecule has 6 heteroatoms. The lowest BCUT2D eigenvalue weighted by Crippen LogP contribution is -2.17. The number of nitrogens with zero attached hydrogens (tertiary/aromatic N) is 2. The topological polar surface area (TPSA) is 43.8 Å². The van der Waals surface area contributed by atoms with Crippen molar-refractivity contribution in [3.8, 4) is 0 Å². The first kappa shape index (κ1) is 15.6. The van der Waals surface area contributed by atoms with Gasteiger partial charge in [0.15, 0.2) is 0 Å². The molecule has 108 valence electrons. The Labute approximate surface area is 133 Å². The lowest BCUT2D eigenvalue weighted by molar-refractivity contribution is 0.587. The van der Waals surface area contributed by atoms with Gasteiger partial charge in [-0.2, -0.15) is 5.10 Å². The molecule has 2 aromatic rings. The molecule has 0 saturated carbocycles. The van der Waals surface area contributed by atoms with Gasteiger partial charge in [0.2, 0.25) is 0 Å². The minimum Gasteiger partial charge on any atom is -0.324 e. The van der Waals surface area contributed by atoms with Crippen LogP contribution in [0.3, 0.4) is 0 Å². The fourth-order valence-electron chi connectivity index (χ4n) is 2.24. The van der Waals surface area contributed by atoms with Gasteiger partial charge in [-0.1, -0.05) is 40.9 Å². The number of halogens is 3. The first-order chi connectivity index (χ1) is 9.45. The van der Waals surface area contributed by atoms with E-state index in [-0.39, 0.29) is 6.04 Å². The van der Waals surface area contributed by atoms with E-state index in [2.05, 4.69) is 5.10 Å². The summed E-state index contributed by atoms with van der Waals surface area (Å²) in [5.74, 6) is 0. The number of benzene rings is 1. The average Bonchev–Trinajstić information content (AvgIpc) is 2.66. The van der Waals surface area contributed by atoms with Gasteiger partial charge in [0, 0.05) is 34.6 Å². The Balaban J connectivity index is 2.35. The fraction of sp³-hybridized carbons (Fsp3) is 0.357. The van der Waals surface area contributed by atoms with Gasteiger partial charge in [0.25, 0.3) is 0 Å². The maximum absolute atomic E-state index is 6.30. The van der Waals surface area contributed by atoms with Crippen molar-refractivity contribution in [2.45, 2.75) is 32.9 Å². The largest absolute Gasteiger partial charge is 0.324 e. The minimum atomic E-state index is -0.324. The molecule has 1 atom stereocenters. The number of rotatable bonds is 4. The minimum absolute atomic E-state index is 0.324. The smallest absolute Gasteiger partial charge is 0.0847 e. The summed E-state index contributed by atoms with van der Waals surface area (Å²) in [6.45, 7) is 4.64. The highest BCUT2D eigenvalue weighted by molar-refractivity contribution is 6.36. The van der Waals surface area contributed by atoms with Crippen molar-refractivity contribution < 1.29 is 0 Å². The Morgan fingerprint density at radius 2 is 1.85 bits per heavy atom. The molecule has 0 radical (unpaired) electrons. The Morgan fingerprint density at radius 1 is 1.25 bits per heavy atom. The van der Waals surface area contributed by atoms with Crippen molar-refractivity contribution in [1.82, 2.24) is 9.78 Å². The second-order valence-electron chi connectivity index (χ2n) is 4.61. The number of aryl methyl sites for hydroxylation is 2. The molecule has 1 unspecified atom stereocenters. The van der Waals surface area contributed by atoms with Crippen molar-refractivity contribution in [3.05, 3.63) is 50.2 Å². The zero-order valence-corrected chi connectivity index (χ0v) is 13.6. The molecule has 2 N–H and O–H groups in total. The molecule has 0 fully saturated rings. The highest BCUT2D eigenvalue weighted by atomic mass is 35.5. The molecule has 1 aromatic heterocycles. The van der Waals surface area contributed by atoms with Gasteiger partial charge < -0.3 is 5.73 Å². The highest BCUT2D eigenvalue weighted by Crippen LogP contribution is 2.32. The van der Waals surface area contributed by atoms with Crippen LogP contribution in [0, 0.1) is 6.92 Å². The number of nitrogens with two attached hydrogens (primary N) is 1. The Morgan fingerprint density at radius 3 is 2.40 bits per heavy atom. The molecular weight excluding hydrogens is 317 g/mol. The predicted molar refractivity (Wildman–Crippen MR) is 84.7 cm³/mol. The van der Waals surface area contributed by atoms with E-state index in [1.165, 1.54) is 0 Å². The lowest BCUT2D eigenvalue weighted by Gasteiger charge is -2.16. The average molecular weight is 333 g/mol. The number of aromatic nitrogens is 2. The summed E-state index contributed by atoms with van der Waals surface area (Å²) < 4.78 is 1.86. The van der Waals surface area contributed by atoms with E-state index in [1.54, 1.807) is 18.2 Å². The molecule has 1 heterocycles. The van der Waals surface area contributed by atoms with E-state index >= 15 is 0 Å². The Hall–Kier alpha value is -0.740. The molecule has 0 aliphatic rings. The predicted octanol–water partition coefficient (Wildman–Crippen LogP) is 4.41. The van der Waals surface area contributed by atoms with E-state index < -0.39 is 0 Å². The summed E-state index contributed by atoms with van der Waals surface area (Å²) in [6, 6.07) is 5.04. The van der Waals surface area contributed by atoms with Crippen LogP contribution in [0.4, 0.5) is 0 Å². The highest BCUT2D eigenvalue weighted by Gasteiger charge is 2.20. The van der Waals surface area contributed by atoms with Gasteiger partial charge in [-0.3, -0.25) is 4.68 Å². The van der Waals surface area contributed by atoms with Crippen LogP contribution in [-0.4, -0.2) is 9.78 Å². The van der Waals surface area contributed by atoms with Crippen molar-refractivity contribution >= 4 is 34.8 Å². The fourth-order valence-corrected chi connectivity index (χ4v) is 3.13. The third-order valence-corrected chi connectivity index (χ3v) is 4.39. The van der Waals surface area contributed by atoms with Gasteiger partial charge in [-0.05, 0) is 26.0 Å². The van der Waals surface area contributed by atoms with Crippen molar-refractivity contribution in [2.75, 3.05) is 0 Å². The van der Waals surface area contributed by atoms with Crippen LogP contribution in [0.5, 0.6) is 0 Å². The summed E-state index contributed by atoms with van der Waals surface area (Å²) in [5.41, 5.74) is 8.72. The number of hydrogen-bond acceptors (Lipinski definition) is 2. The van der Waals surface area contributed by atoms with Crippen LogP contribution in [0.15, 0.2) is 18.2 Å². The molecule has 0 spiro atoms.